The van der Waals surface area contributed by atoms with Crippen molar-refractivity contribution in [3.05, 3.63) is 29.8 Å². The van der Waals surface area contributed by atoms with E-state index in [-0.39, 0.29) is 11.9 Å². The molecule has 2 rings (SSSR count). The molecule has 20 heavy (non-hydrogen) atoms. The van der Waals surface area contributed by atoms with E-state index in [0.29, 0.717) is 19.5 Å². The van der Waals surface area contributed by atoms with E-state index in [1.807, 2.05) is 24.3 Å². The van der Waals surface area contributed by atoms with Gasteiger partial charge < -0.3 is 15.0 Å². The van der Waals surface area contributed by atoms with Crippen LogP contribution in [0.25, 0.3) is 0 Å². The van der Waals surface area contributed by atoms with Gasteiger partial charge in [0.05, 0.1) is 19.6 Å². The van der Waals surface area contributed by atoms with Gasteiger partial charge in [-0.3, -0.25) is 4.79 Å². The van der Waals surface area contributed by atoms with Crippen LogP contribution in [0.15, 0.2) is 29.2 Å². The molecule has 1 unspecified atom stereocenters. The Morgan fingerprint density at radius 3 is 2.75 bits per heavy atom. The molecule has 108 valence electrons. The topological polar surface area (TPSA) is 58.6 Å². The van der Waals surface area contributed by atoms with Crippen LogP contribution >= 0.6 is 12.6 Å². The number of ether oxygens (including phenoxy) is 1. The second-order valence-corrected chi connectivity index (χ2v) is 5.32. The molecule has 0 aromatic heterocycles. The monoisotopic (exact) mass is 294 g/mol. The van der Waals surface area contributed by atoms with Crippen molar-refractivity contribution < 1.29 is 14.3 Å². The van der Waals surface area contributed by atoms with Crippen molar-refractivity contribution in [3.63, 3.8) is 0 Å². The zero-order valence-corrected chi connectivity index (χ0v) is 12.2. The minimum atomic E-state index is -0.450. The molecule has 1 aliphatic heterocycles. The van der Waals surface area contributed by atoms with Gasteiger partial charge in [-0.15, -0.1) is 12.6 Å². The summed E-state index contributed by atoms with van der Waals surface area (Å²) in [6, 6.07) is 7.53. The maximum Gasteiger partial charge on any atom is 0.407 e. The van der Waals surface area contributed by atoms with Gasteiger partial charge >= 0.3 is 6.09 Å². The van der Waals surface area contributed by atoms with Crippen LogP contribution in [0.5, 0.6) is 0 Å². The van der Waals surface area contributed by atoms with Crippen LogP contribution in [-0.4, -0.2) is 43.1 Å². The molecule has 0 spiro atoms. The molecule has 0 radical (unpaired) electrons. The average Bonchev–Trinajstić information content (AvgIpc) is 2.89. The first-order chi connectivity index (χ1) is 9.58. The first kappa shape index (κ1) is 14.7. The van der Waals surface area contributed by atoms with E-state index in [9.17, 15) is 9.59 Å². The summed E-state index contributed by atoms with van der Waals surface area (Å²) in [6.07, 6.45) is 0.684. The Morgan fingerprint density at radius 2 is 2.10 bits per heavy atom. The van der Waals surface area contributed by atoms with Crippen molar-refractivity contribution in [2.24, 2.45) is 0 Å². The molecule has 1 fully saturated rings. The molecule has 1 atom stereocenters. The van der Waals surface area contributed by atoms with Crippen molar-refractivity contribution in [1.29, 1.82) is 0 Å². The summed E-state index contributed by atoms with van der Waals surface area (Å²) in [5.41, 5.74) is 0.970. The van der Waals surface area contributed by atoms with Crippen molar-refractivity contribution in [1.82, 2.24) is 10.2 Å². The van der Waals surface area contributed by atoms with Crippen LogP contribution in [0.3, 0.4) is 0 Å². The maximum atomic E-state index is 12.2. The highest BCUT2D eigenvalue weighted by molar-refractivity contribution is 7.80. The molecule has 1 aromatic rings. The number of nitrogens with zero attached hydrogens (tertiary/aromatic N) is 1. The van der Waals surface area contributed by atoms with Gasteiger partial charge in [-0.2, -0.15) is 0 Å². The molecule has 2 amide bonds. The number of likely N-dealkylation sites (tertiary alicyclic amines) is 1. The summed E-state index contributed by atoms with van der Waals surface area (Å²) in [5.74, 6) is 0.0751. The molecular formula is C14H18N2O3S. The lowest BCUT2D eigenvalue weighted by molar-refractivity contribution is -0.129. The molecule has 1 aromatic carbocycles. The third-order valence-electron chi connectivity index (χ3n) is 3.34. The Morgan fingerprint density at radius 1 is 1.40 bits per heavy atom. The Kier molecular flexibility index (Phi) is 4.89. The lowest BCUT2D eigenvalue weighted by Gasteiger charge is -2.17. The SMILES string of the molecule is COC(=O)NC1CCN(C(=O)Cc2ccc(S)cc2)C1. The highest BCUT2D eigenvalue weighted by Gasteiger charge is 2.27. The summed E-state index contributed by atoms with van der Waals surface area (Å²) < 4.78 is 4.55. The van der Waals surface area contributed by atoms with Gasteiger partial charge in [-0.1, -0.05) is 12.1 Å². The van der Waals surface area contributed by atoms with Crippen LogP contribution in [0, 0.1) is 0 Å². The predicted molar refractivity (Wildman–Crippen MR) is 77.9 cm³/mol. The Bertz CT molecular complexity index is 490. The van der Waals surface area contributed by atoms with E-state index in [1.165, 1.54) is 7.11 Å². The molecule has 1 heterocycles. The number of carbonyl (C=O) groups excluding carboxylic acids is 2. The molecule has 5 nitrogen and oxygen atoms in total. The van der Waals surface area contributed by atoms with E-state index in [4.69, 9.17) is 0 Å². The van der Waals surface area contributed by atoms with E-state index in [0.717, 1.165) is 16.9 Å². The fraction of sp³-hybridized carbons (Fsp3) is 0.429. The number of hydrogen-bond acceptors (Lipinski definition) is 4. The van der Waals surface area contributed by atoms with E-state index in [2.05, 4.69) is 22.7 Å². The minimum absolute atomic E-state index is 0.0220. The lowest BCUT2D eigenvalue weighted by Crippen LogP contribution is -2.38. The normalized spacial score (nSPS) is 17.9. The standard InChI is InChI=1S/C14H18N2O3S/c1-19-14(18)15-11-6-7-16(9-11)13(17)8-10-2-4-12(20)5-3-10/h2-5,11,20H,6-9H2,1H3,(H,15,18). The number of benzene rings is 1. The number of methoxy groups -OCH3 is 1. The van der Waals surface area contributed by atoms with Crippen LogP contribution in [0.2, 0.25) is 0 Å². The molecular weight excluding hydrogens is 276 g/mol. The predicted octanol–water partition coefficient (Wildman–Crippen LogP) is 1.47. The number of alkyl carbamates (subject to hydrolysis) is 1. The van der Waals surface area contributed by atoms with E-state index in [1.54, 1.807) is 4.90 Å². The smallest absolute Gasteiger partial charge is 0.407 e. The minimum Gasteiger partial charge on any atom is -0.453 e. The summed E-state index contributed by atoms with van der Waals surface area (Å²) in [6.45, 7) is 1.21. The van der Waals surface area contributed by atoms with Crippen LogP contribution < -0.4 is 5.32 Å². The van der Waals surface area contributed by atoms with Gasteiger partial charge in [0.25, 0.3) is 0 Å². The quantitative estimate of drug-likeness (QED) is 0.830. The van der Waals surface area contributed by atoms with Gasteiger partial charge in [-0.05, 0) is 24.1 Å². The average molecular weight is 294 g/mol. The fourth-order valence-corrected chi connectivity index (χ4v) is 2.38. The molecule has 0 saturated carbocycles. The molecule has 0 bridgehead atoms. The number of hydrogen-bond donors (Lipinski definition) is 2. The third kappa shape index (κ3) is 3.90. The fourth-order valence-electron chi connectivity index (χ4n) is 2.23. The van der Waals surface area contributed by atoms with Gasteiger partial charge in [0.1, 0.15) is 0 Å². The largest absolute Gasteiger partial charge is 0.453 e. The summed E-state index contributed by atoms with van der Waals surface area (Å²) in [7, 11) is 1.33. The van der Waals surface area contributed by atoms with Crippen molar-refractivity contribution in [2.75, 3.05) is 20.2 Å². The van der Waals surface area contributed by atoms with Gasteiger partial charge in [-0.25, -0.2) is 4.79 Å². The highest BCUT2D eigenvalue weighted by atomic mass is 32.1. The number of carbonyl (C=O) groups is 2. The number of thiol groups is 1. The zero-order valence-electron chi connectivity index (χ0n) is 11.3. The van der Waals surface area contributed by atoms with Gasteiger partial charge in [0.2, 0.25) is 5.91 Å². The summed E-state index contributed by atoms with van der Waals surface area (Å²) in [5, 5.41) is 2.72. The summed E-state index contributed by atoms with van der Waals surface area (Å²) in [4.78, 5) is 25.9. The van der Waals surface area contributed by atoms with Crippen molar-refractivity contribution in [2.45, 2.75) is 23.8 Å². The first-order valence-corrected chi connectivity index (χ1v) is 6.93. The summed E-state index contributed by atoms with van der Waals surface area (Å²) >= 11 is 4.22. The molecule has 6 heteroatoms. The number of nitrogens with one attached hydrogen (secondary N) is 1. The Labute approximate surface area is 123 Å². The van der Waals surface area contributed by atoms with Gasteiger partial charge in [0.15, 0.2) is 0 Å². The van der Waals surface area contributed by atoms with Crippen LogP contribution in [-0.2, 0) is 16.0 Å². The lowest BCUT2D eigenvalue weighted by atomic mass is 10.1. The second kappa shape index (κ2) is 6.65. The van der Waals surface area contributed by atoms with E-state index >= 15 is 0 Å². The first-order valence-electron chi connectivity index (χ1n) is 6.48. The molecule has 1 saturated heterocycles. The number of rotatable bonds is 3. The van der Waals surface area contributed by atoms with Crippen LogP contribution in [0.1, 0.15) is 12.0 Å². The van der Waals surface area contributed by atoms with Crippen molar-refractivity contribution in [3.8, 4) is 0 Å². The second-order valence-electron chi connectivity index (χ2n) is 4.80. The van der Waals surface area contributed by atoms with Crippen LogP contribution in [0.4, 0.5) is 4.79 Å². The molecule has 0 aliphatic carbocycles. The van der Waals surface area contributed by atoms with Crippen molar-refractivity contribution >= 4 is 24.6 Å². The molecule has 1 aliphatic rings. The molecule has 1 N–H and O–H groups in total. The Hall–Kier alpha value is -1.69. The van der Waals surface area contributed by atoms with Gasteiger partial charge in [0, 0.05) is 18.0 Å². The number of amides is 2. The zero-order chi connectivity index (χ0) is 14.5. The third-order valence-corrected chi connectivity index (χ3v) is 3.64. The maximum absolute atomic E-state index is 12.2. The Balaban J connectivity index is 1.85. The highest BCUT2D eigenvalue weighted by Crippen LogP contribution is 2.13. The van der Waals surface area contributed by atoms with E-state index < -0.39 is 6.09 Å².